The first-order valence-corrected chi connectivity index (χ1v) is 14.0. The zero-order valence-electron chi connectivity index (χ0n) is 24.0. The van der Waals surface area contributed by atoms with Crippen LogP contribution in [0, 0.1) is 0 Å². The van der Waals surface area contributed by atoms with Crippen molar-refractivity contribution >= 4 is 17.7 Å². The zero-order valence-corrected chi connectivity index (χ0v) is 24.0. The molecule has 1 fully saturated rings. The van der Waals surface area contributed by atoms with Gasteiger partial charge in [-0.25, -0.2) is 4.79 Å². The lowest BCUT2D eigenvalue weighted by molar-refractivity contribution is -0.121. The maximum Gasteiger partial charge on any atom is 0.407 e. The highest BCUT2D eigenvalue weighted by molar-refractivity contribution is 5.88. The summed E-state index contributed by atoms with van der Waals surface area (Å²) < 4.78 is 23.3. The van der Waals surface area contributed by atoms with Gasteiger partial charge in [-0.3, -0.25) is 10.0 Å². The van der Waals surface area contributed by atoms with Crippen LogP contribution in [-0.4, -0.2) is 66.7 Å². The number of anilines is 1. The molecule has 10 heteroatoms. The number of benzene rings is 3. The molecule has 10 nitrogen and oxygen atoms in total. The molecular weight excluding hydrogens is 540 g/mol. The third kappa shape index (κ3) is 8.45. The maximum absolute atomic E-state index is 11.7. The molecule has 1 aliphatic heterocycles. The van der Waals surface area contributed by atoms with E-state index in [2.05, 4.69) is 0 Å². The first kappa shape index (κ1) is 30.8. The third-order valence-electron chi connectivity index (χ3n) is 7.21. The predicted octanol–water partition coefficient (Wildman–Crippen LogP) is 5.48. The smallest absolute Gasteiger partial charge is 0.407 e. The highest BCUT2D eigenvalue weighted by atomic mass is 16.5. The Morgan fingerprint density at radius 2 is 1.79 bits per heavy atom. The second-order valence-electron chi connectivity index (χ2n) is 10.1. The van der Waals surface area contributed by atoms with Crippen LogP contribution in [0.2, 0.25) is 0 Å². The Balaban J connectivity index is 1.30. The van der Waals surface area contributed by atoms with Crippen LogP contribution in [-0.2, 0) is 27.5 Å². The Kier molecular flexibility index (Phi) is 11.2. The van der Waals surface area contributed by atoms with E-state index in [1.54, 1.807) is 25.3 Å². The van der Waals surface area contributed by atoms with E-state index < -0.39 is 12.0 Å². The highest BCUT2D eigenvalue weighted by Gasteiger charge is 2.33. The van der Waals surface area contributed by atoms with Crippen LogP contribution in [0.4, 0.5) is 10.5 Å². The van der Waals surface area contributed by atoms with Crippen molar-refractivity contribution in [3.05, 3.63) is 89.5 Å². The van der Waals surface area contributed by atoms with Gasteiger partial charge in [0.05, 0.1) is 51.9 Å². The molecule has 1 saturated heterocycles. The monoisotopic (exact) mass is 578 g/mol. The van der Waals surface area contributed by atoms with Crippen molar-refractivity contribution in [2.75, 3.05) is 38.5 Å². The zero-order chi connectivity index (χ0) is 29.9. The van der Waals surface area contributed by atoms with Gasteiger partial charge >= 0.3 is 6.09 Å². The Hall–Kier alpha value is -4.12. The molecule has 2 amide bonds. The minimum atomic E-state index is -0.975. The lowest BCUT2D eigenvalue weighted by Gasteiger charge is -2.37. The average Bonchev–Trinajstić information content (AvgIpc) is 3.01. The van der Waals surface area contributed by atoms with Crippen molar-refractivity contribution in [1.29, 1.82) is 0 Å². The molecule has 0 aromatic heterocycles. The molecule has 2 unspecified atom stereocenters. The van der Waals surface area contributed by atoms with E-state index in [9.17, 15) is 19.9 Å². The third-order valence-corrected chi connectivity index (χ3v) is 7.21. The first-order valence-electron chi connectivity index (χ1n) is 14.0. The summed E-state index contributed by atoms with van der Waals surface area (Å²) in [6.07, 6.45) is 0.0122. The number of ether oxygens (including phenoxy) is 4. The van der Waals surface area contributed by atoms with Gasteiger partial charge in [0.25, 0.3) is 0 Å². The molecule has 3 aromatic carbocycles. The highest BCUT2D eigenvalue weighted by Crippen LogP contribution is 2.32. The molecule has 42 heavy (non-hydrogen) atoms. The number of amides is 2. The summed E-state index contributed by atoms with van der Waals surface area (Å²) in [5, 5.41) is 20.1. The first-order chi connectivity index (χ1) is 20.4. The van der Waals surface area contributed by atoms with Crippen molar-refractivity contribution in [2.45, 2.75) is 45.0 Å². The van der Waals surface area contributed by atoms with E-state index in [1.165, 1.54) is 11.8 Å². The second kappa shape index (κ2) is 15.2. The molecule has 2 atom stereocenters. The Bertz CT molecular complexity index is 1320. The number of nitrogens with zero attached hydrogens (tertiary/aromatic N) is 2. The molecule has 0 aliphatic carbocycles. The van der Waals surface area contributed by atoms with Crippen molar-refractivity contribution in [3.8, 4) is 11.5 Å². The van der Waals surface area contributed by atoms with Gasteiger partial charge in [0.15, 0.2) is 0 Å². The summed E-state index contributed by atoms with van der Waals surface area (Å²) in [4.78, 5) is 24.6. The number of hydrogen-bond acceptors (Lipinski definition) is 7. The number of hydroxylamine groups is 1. The number of hydrogen-bond donors (Lipinski definition) is 2. The molecule has 4 rings (SSSR count). The topological polar surface area (TPSA) is 118 Å². The number of carbonyl (C=O) groups is 2. The molecule has 3 aromatic rings. The molecule has 0 bridgehead atoms. The number of likely N-dealkylation sites (tertiary alicyclic amines) is 1. The van der Waals surface area contributed by atoms with Crippen molar-refractivity contribution < 1.29 is 38.9 Å². The molecular formula is C32H38N2O8. The number of carbonyl (C=O) groups excluding carboxylic acids is 1. The lowest BCUT2D eigenvalue weighted by Crippen LogP contribution is -2.46. The standard InChI is InChI=1S/C32H38N2O8/c1-23(35)34(38)27-9-5-7-24(19-27)21-42-31-20-33(32(36)37)16-15-29(31)25-11-13-28(14-12-25)41-18-6-17-40-22-26-8-3-4-10-30(26)39-2/h3-5,7-14,19,29,31,38H,6,15-18,20-22H2,1-2H3,(H,36,37). The largest absolute Gasteiger partial charge is 0.496 e. The van der Waals surface area contributed by atoms with Crippen LogP contribution < -0.4 is 14.5 Å². The van der Waals surface area contributed by atoms with Crippen LogP contribution in [0.3, 0.4) is 0 Å². The number of piperidine rings is 1. The van der Waals surface area contributed by atoms with Crippen LogP contribution in [0.5, 0.6) is 11.5 Å². The fraction of sp³-hybridized carbons (Fsp3) is 0.375. The molecule has 2 N–H and O–H groups in total. The van der Waals surface area contributed by atoms with Gasteiger partial charge in [-0.1, -0.05) is 42.5 Å². The number of methoxy groups -OCH3 is 1. The molecule has 0 spiro atoms. The Morgan fingerprint density at radius 3 is 2.52 bits per heavy atom. The van der Waals surface area contributed by atoms with E-state index in [4.69, 9.17) is 18.9 Å². The Labute approximate surface area is 245 Å². The molecule has 1 heterocycles. The molecule has 0 radical (unpaired) electrons. The SMILES string of the molecule is COc1ccccc1COCCCOc1ccc(C2CCN(C(=O)O)CC2OCc2cccc(N(O)C(C)=O)c2)cc1. The van der Waals surface area contributed by atoms with Crippen LogP contribution in [0.25, 0.3) is 0 Å². The van der Waals surface area contributed by atoms with Crippen LogP contribution >= 0.6 is 0 Å². The maximum atomic E-state index is 11.7. The Morgan fingerprint density at radius 1 is 1.00 bits per heavy atom. The van der Waals surface area contributed by atoms with Gasteiger partial charge in [-0.2, -0.15) is 5.06 Å². The minimum Gasteiger partial charge on any atom is -0.496 e. The van der Waals surface area contributed by atoms with Gasteiger partial charge in [0.1, 0.15) is 11.5 Å². The van der Waals surface area contributed by atoms with E-state index in [-0.39, 0.29) is 25.2 Å². The number of para-hydroxylation sites is 1. The summed E-state index contributed by atoms with van der Waals surface area (Å²) in [7, 11) is 1.65. The fourth-order valence-corrected chi connectivity index (χ4v) is 4.97. The van der Waals surface area contributed by atoms with Gasteiger partial charge in [0, 0.05) is 31.4 Å². The van der Waals surface area contributed by atoms with E-state index in [1.807, 2.05) is 54.6 Å². The summed E-state index contributed by atoms with van der Waals surface area (Å²) in [5.41, 5.74) is 3.15. The quantitative estimate of drug-likeness (QED) is 0.156. The fourth-order valence-electron chi connectivity index (χ4n) is 4.97. The van der Waals surface area contributed by atoms with Crippen LogP contribution in [0.1, 0.15) is 42.4 Å². The summed E-state index contributed by atoms with van der Waals surface area (Å²) in [5.74, 6) is 1.06. The van der Waals surface area contributed by atoms with E-state index >= 15 is 0 Å². The van der Waals surface area contributed by atoms with E-state index in [0.717, 1.165) is 34.6 Å². The molecule has 224 valence electrons. The van der Waals surface area contributed by atoms with Crippen molar-refractivity contribution in [2.24, 2.45) is 0 Å². The van der Waals surface area contributed by atoms with Crippen molar-refractivity contribution in [1.82, 2.24) is 4.90 Å². The van der Waals surface area contributed by atoms with E-state index in [0.29, 0.717) is 43.5 Å². The van der Waals surface area contributed by atoms with Gasteiger partial charge in [-0.15, -0.1) is 0 Å². The van der Waals surface area contributed by atoms with Gasteiger partial charge in [0.2, 0.25) is 5.91 Å². The lowest BCUT2D eigenvalue weighted by atomic mass is 9.87. The minimum absolute atomic E-state index is 0.00669. The normalized spacial score (nSPS) is 16.6. The molecule has 0 saturated carbocycles. The molecule has 1 aliphatic rings. The second-order valence-corrected chi connectivity index (χ2v) is 10.1. The average molecular weight is 579 g/mol. The van der Waals surface area contributed by atoms with Gasteiger partial charge < -0.3 is 29.0 Å². The number of carboxylic acid groups (broad SMARTS) is 1. The predicted molar refractivity (Wildman–Crippen MR) is 156 cm³/mol. The van der Waals surface area contributed by atoms with Gasteiger partial charge in [-0.05, 0) is 47.9 Å². The van der Waals surface area contributed by atoms with Crippen LogP contribution in [0.15, 0.2) is 72.8 Å². The van der Waals surface area contributed by atoms with Crippen molar-refractivity contribution in [3.63, 3.8) is 0 Å². The summed E-state index contributed by atoms with van der Waals surface area (Å²) >= 11 is 0. The summed E-state index contributed by atoms with van der Waals surface area (Å²) in [6.45, 7) is 3.69. The summed E-state index contributed by atoms with van der Waals surface area (Å²) in [6, 6.07) is 22.5. The number of rotatable bonds is 13.